The van der Waals surface area contributed by atoms with Gasteiger partial charge >= 0.3 is 0 Å². The minimum atomic E-state index is -0.729. The summed E-state index contributed by atoms with van der Waals surface area (Å²) in [5.41, 5.74) is 0.978. The van der Waals surface area contributed by atoms with Gasteiger partial charge in [-0.05, 0) is 17.7 Å². The molecule has 2 unspecified atom stereocenters. The molecular formula is C11H13Cl2FN2. The van der Waals surface area contributed by atoms with Gasteiger partial charge in [0.05, 0.1) is 0 Å². The largest absolute Gasteiger partial charge is 0.296 e. The number of hydrogen-bond donors (Lipinski definition) is 0. The first-order valence-electron chi connectivity index (χ1n) is 5.23. The summed E-state index contributed by atoms with van der Waals surface area (Å²) in [6, 6.07) is 3.54. The highest BCUT2D eigenvalue weighted by Gasteiger charge is 2.29. The molecule has 16 heavy (non-hydrogen) atoms. The Balaban J connectivity index is 2.04. The fraction of sp³-hybridized carbons (Fsp3) is 0.545. The summed E-state index contributed by atoms with van der Waals surface area (Å²) < 4.78 is 13.3. The third kappa shape index (κ3) is 2.84. The summed E-state index contributed by atoms with van der Waals surface area (Å²) in [4.78, 5) is 5.94. The van der Waals surface area contributed by atoms with Gasteiger partial charge in [0.1, 0.15) is 16.5 Å². The molecule has 0 spiro atoms. The zero-order chi connectivity index (χ0) is 11.7. The third-order valence-corrected chi connectivity index (χ3v) is 3.21. The number of alkyl halides is 1. The van der Waals surface area contributed by atoms with Gasteiger partial charge in [-0.25, -0.2) is 9.37 Å². The minimum Gasteiger partial charge on any atom is -0.296 e. The third-order valence-electron chi connectivity index (χ3n) is 2.83. The first kappa shape index (κ1) is 12.1. The Labute approximate surface area is 104 Å². The van der Waals surface area contributed by atoms with Crippen molar-refractivity contribution in [3.05, 3.63) is 28.0 Å². The standard InChI is InChI=1S/C11H13Cl2FN2/c1-7-4-16(6-9(7)14)5-8-2-10(12)15-11(13)3-8/h2-3,7,9H,4-6H2,1H3. The van der Waals surface area contributed by atoms with Gasteiger partial charge in [0.15, 0.2) is 0 Å². The van der Waals surface area contributed by atoms with E-state index in [1.807, 2.05) is 6.92 Å². The van der Waals surface area contributed by atoms with Crippen LogP contribution in [0.1, 0.15) is 12.5 Å². The van der Waals surface area contributed by atoms with Gasteiger partial charge in [-0.15, -0.1) is 0 Å². The van der Waals surface area contributed by atoms with Crippen LogP contribution in [0.3, 0.4) is 0 Å². The van der Waals surface area contributed by atoms with Gasteiger partial charge in [-0.1, -0.05) is 30.1 Å². The molecule has 0 saturated carbocycles. The van der Waals surface area contributed by atoms with Crippen LogP contribution in [-0.4, -0.2) is 29.1 Å². The fourth-order valence-electron chi connectivity index (χ4n) is 2.02. The number of aromatic nitrogens is 1. The highest BCUT2D eigenvalue weighted by atomic mass is 35.5. The summed E-state index contributed by atoms with van der Waals surface area (Å²) in [7, 11) is 0. The van der Waals surface area contributed by atoms with E-state index in [1.54, 1.807) is 12.1 Å². The molecule has 5 heteroatoms. The average molecular weight is 263 g/mol. The predicted octanol–water partition coefficient (Wildman–Crippen LogP) is 3.18. The van der Waals surface area contributed by atoms with Gasteiger partial charge in [0.25, 0.3) is 0 Å². The smallest absolute Gasteiger partial charge is 0.131 e. The number of nitrogens with zero attached hydrogens (tertiary/aromatic N) is 2. The van der Waals surface area contributed by atoms with Crippen molar-refractivity contribution in [2.75, 3.05) is 13.1 Å². The van der Waals surface area contributed by atoms with Gasteiger partial charge in [0.2, 0.25) is 0 Å². The van der Waals surface area contributed by atoms with Gasteiger partial charge in [-0.3, -0.25) is 4.90 Å². The summed E-state index contributed by atoms with van der Waals surface area (Å²) in [6.07, 6.45) is -0.729. The zero-order valence-corrected chi connectivity index (χ0v) is 10.5. The first-order valence-corrected chi connectivity index (χ1v) is 5.98. The van der Waals surface area contributed by atoms with Crippen molar-refractivity contribution in [3.8, 4) is 0 Å². The number of likely N-dealkylation sites (tertiary alicyclic amines) is 1. The molecule has 0 N–H and O–H groups in total. The molecule has 2 nitrogen and oxygen atoms in total. The second-order valence-corrected chi connectivity index (χ2v) is 5.08. The first-order chi connectivity index (χ1) is 7.54. The van der Waals surface area contributed by atoms with E-state index in [4.69, 9.17) is 23.2 Å². The molecule has 0 bridgehead atoms. The average Bonchev–Trinajstić information content (AvgIpc) is 2.43. The number of hydrogen-bond acceptors (Lipinski definition) is 2. The summed E-state index contributed by atoms with van der Waals surface area (Å²) >= 11 is 11.6. The van der Waals surface area contributed by atoms with Crippen LogP contribution in [0.15, 0.2) is 12.1 Å². The fourth-order valence-corrected chi connectivity index (χ4v) is 2.52. The van der Waals surface area contributed by atoms with Crippen molar-refractivity contribution in [2.45, 2.75) is 19.6 Å². The summed E-state index contributed by atoms with van der Waals surface area (Å²) in [6.45, 7) is 3.86. The van der Waals surface area contributed by atoms with E-state index in [-0.39, 0.29) is 5.92 Å². The van der Waals surface area contributed by atoms with Crippen molar-refractivity contribution in [1.29, 1.82) is 0 Å². The molecule has 1 aliphatic rings. The Bertz CT molecular complexity index is 356. The van der Waals surface area contributed by atoms with Crippen molar-refractivity contribution >= 4 is 23.2 Å². The van der Waals surface area contributed by atoms with E-state index in [0.29, 0.717) is 23.4 Å². The monoisotopic (exact) mass is 262 g/mol. The number of pyridine rings is 1. The lowest BCUT2D eigenvalue weighted by Crippen LogP contribution is -2.20. The maximum atomic E-state index is 13.3. The van der Waals surface area contributed by atoms with E-state index in [0.717, 1.165) is 12.1 Å². The highest BCUT2D eigenvalue weighted by molar-refractivity contribution is 6.32. The van der Waals surface area contributed by atoms with E-state index >= 15 is 0 Å². The molecule has 0 aliphatic carbocycles. The molecule has 1 aliphatic heterocycles. The normalized spacial score (nSPS) is 26.2. The lowest BCUT2D eigenvalue weighted by molar-refractivity contribution is 0.274. The highest BCUT2D eigenvalue weighted by Crippen LogP contribution is 2.23. The molecular weight excluding hydrogens is 250 g/mol. The van der Waals surface area contributed by atoms with Crippen LogP contribution in [-0.2, 0) is 6.54 Å². The molecule has 2 atom stereocenters. The second-order valence-electron chi connectivity index (χ2n) is 4.31. The Morgan fingerprint density at radius 2 is 2.00 bits per heavy atom. The summed E-state index contributed by atoms with van der Waals surface area (Å²) in [5, 5.41) is 0.762. The lowest BCUT2D eigenvalue weighted by atomic mass is 10.1. The number of rotatable bonds is 2. The molecule has 1 saturated heterocycles. The minimum absolute atomic E-state index is 0.104. The quantitative estimate of drug-likeness (QED) is 0.762. The van der Waals surface area contributed by atoms with E-state index in [1.165, 1.54) is 0 Å². The molecule has 1 aromatic rings. The molecule has 0 amide bonds. The predicted molar refractivity (Wildman–Crippen MR) is 63.6 cm³/mol. The molecule has 2 rings (SSSR count). The van der Waals surface area contributed by atoms with Crippen LogP contribution in [0.25, 0.3) is 0 Å². The molecule has 1 fully saturated rings. The van der Waals surface area contributed by atoms with Gasteiger partial charge in [-0.2, -0.15) is 0 Å². The molecule has 1 aromatic heterocycles. The van der Waals surface area contributed by atoms with Gasteiger partial charge in [0, 0.05) is 25.6 Å². The van der Waals surface area contributed by atoms with Crippen LogP contribution < -0.4 is 0 Å². The van der Waals surface area contributed by atoms with Crippen LogP contribution in [0.5, 0.6) is 0 Å². The van der Waals surface area contributed by atoms with Crippen LogP contribution in [0.4, 0.5) is 4.39 Å². The molecule has 0 aromatic carbocycles. The second kappa shape index (κ2) is 4.86. The van der Waals surface area contributed by atoms with Crippen molar-refractivity contribution in [2.24, 2.45) is 5.92 Å². The molecule has 88 valence electrons. The lowest BCUT2D eigenvalue weighted by Gasteiger charge is -2.14. The maximum Gasteiger partial charge on any atom is 0.131 e. The van der Waals surface area contributed by atoms with E-state index in [2.05, 4.69) is 9.88 Å². The van der Waals surface area contributed by atoms with Crippen molar-refractivity contribution in [3.63, 3.8) is 0 Å². The topological polar surface area (TPSA) is 16.1 Å². The van der Waals surface area contributed by atoms with Crippen molar-refractivity contribution < 1.29 is 4.39 Å². The Morgan fingerprint density at radius 3 is 2.50 bits per heavy atom. The Morgan fingerprint density at radius 1 is 1.38 bits per heavy atom. The Kier molecular flexibility index (Phi) is 3.67. The summed E-state index contributed by atoms with van der Waals surface area (Å²) in [5.74, 6) is 0.104. The van der Waals surface area contributed by atoms with Crippen molar-refractivity contribution in [1.82, 2.24) is 9.88 Å². The van der Waals surface area contributed by atoms with Crippen LogP contribution in [0.2, 0.25) is 10.3 Å². The van der Waals surface area contributed by atoms with Crippen LogP contribution >= 0.6 is 23.2 Å². The van der Waals surface area contributed by atoms with E-state index < -0.39 is 6.17 Å². The van der Waals surface area contributed by atoms with Crippen LogP contribution in [0, 0.1) is 5.92 Å². The zero-order valence-electron chi connectivity index (χ0n) is 8.96. The SMILES string of the molecule is CC1CN(Cc2cc(Cl)nc(Cl)c2)CC1F. The maximum absolute atomic E-state index is 13.3. The number of halogens is 3. The Hall–Kier alpha value is -0.380. The van der Waals surface area contributed by atoms with E-state index in [9.17, 15) is 4.39 Å². The molecule has 2 heterocycles. The van der Waals surface area contributed by atoms with Gasteiger partial charge < -0.3 is 0 Å². The molecule has 0 radical (unpaired) electrons.